The van der Waals surface area contributed by atoms with Crippen LogP contribution in [0.5, 0.6) is 0 Å². The molecular formula is C20H17F2N3O. The Balaban J connectivity index is 1.83. The van der Waals surface area contributed by atoms with Crippen LogP contribution >= 0.6 is 0 Å². The zero-order valence-electron chi connectivity index (χ0n) is 14.3. The molecule has 0 saturated heterocycles. The van der Waals surface area contributed by atoms with Gasteiger partial charge in [-0.1, -0.05) is 18.2 Å². The second kappa shape index (κ2) is 7.31. The number of anilines is 3. The van der Waals surface area contributed by atoms with Gasteiger partial charge in [0.05, 0.1) is 17.4 Å². The molecule has 1 heterocycles. The molecule has 3 rings (SSSR count). The van der Waals surface area contributed by atoms with E-state index in [0.717, 1.165) is 23.3 Å². The van der Waals surface area contributed by atoms with E-state index in [-0.39, 0.29) is 17.2 Å². The molecule has 0 radical (unpaired) electrons. The number of rotatable bonds is 4. The fourth-order valence-corrected chi connectivity index (χ4v) is 2.48. The smallest absolute Gasteiger partial charge is 0.257 e. The molecule has 3 aromatic rings. The average molecular weight is 353 g/mol. The third-order valence-electron chi connectivity index (χ3n) is 4.09. The number of para-hydroxylation sites is 1. The van der Waals surface area contributed by atoms with Gasteiger partial charge in [0.15, 0.2) is 0 Å². The molecule has 0 aliphatic rings. The minimum Gasteiger partial charge on any atom is -0.349 e. The van der Waals surface area contributed by atoms with Crippen molar-refractivity contribution in [3.05, 3.63) is 83.2 Å². The zero-order chi connectivity index (χ0) is 18.7. The largest absolute Gasteiger partial charge is 0.349 e. The maximum atomic E-state index is 13.8. The van der Waals surface area contributed by atoms with Gasteiger partial charge in [0.25, 0.3) is 5.91 Å². The van der Waals surface area contributed by atoms with Crippen LogP contribution in [0.4, 0.5) is 25.8 Å². The van der Waals surface area contributed by atoms with E-state index in [0.29, 0.717) is 11.4 Å². The highest BCUT2D eigenvalue weighted by Gasteiger charge is 2.12. The average Bonchev–Trinajstić information content (AvgIpc) is 2.62. The fourth-order valence-electron chi connectivity index (χ4n) is 2.48. The molecule has 1 aromatic heterocycles. The molecule has 6 heteroatoms. The number of nitrogens with one attached hydrogen (secondary N) is 2. The number of carbonyl (C=O) groups is 1. The number of hydrogen-bond donors (Lipinski definition) is 2. The highest BCUT2D eigenvalue weighted by Crippen LogP contribution is 2.24. The number of hydrogen-bond acceptors (Lipinski definition) is 3. The van der Waals surface area contributed by atoms with Gasteiger partial charge in [-0.25, -0.2) is 8.78 Å². The molecule has 0 atom stereocenters. The van der Waals surface area contributed by atoms with Gasteiger partial charge >= 0.3 is 0 Å². The summed E-state index contributed by atoms with van der Waals surface area (Å²) in [5.74, 6) is -1.81. The Bertz CT molecular complexity index is 953. The summed E-state index contributed by atoms with van der Waals surface area (Å²) in [6.45, 7) is 3.88. The van der Waals surface area contributed by atoms with Crippen molar-refractivity contribution in [1.29, 1.82) is 0 Å². The molecule has 0 spiro atoms. The van der Waals surface area contributed by atoms with Gasteiger partial charge < -0.3 is 10.6 Å². The summed E-state index contributed by atoms with van der Waals surface area (Å²) in [5, 5.41) is 5.45. The molecule has 0 saturated carbocycles. The van der Waals surface area contributed by atoms with Gasteiger partial charge in [0.2, 0.25) is 0 Å². The molecule has 26 heavy (non-hydrogen) atoms. The molecular weight excluding hydrogens is 336 g/mol. The second-order valence-electron chi connectivity index (χ2n) is 5.89. The molecule has 4 nitrogen and oxygen atoms in total. The van der Waals surface area contributed by atoms with Crippen molar-refractivity contribution in [2.45, 2.75) is 13.8 Å². The van der Waals surface area contributed by atoms with Crippen LogP contribution in [0.15, 0.2) is 54.9 Å². The van der Waals surface area contributed by atoms with Crippen LogP contribution in [-0.2, 0) is 0 Å². The summed E-state index contributed by atoms with van der Waals surface area (Å²) < 4.78 is 27.5. The summed E-state index contributed by atoms with van der Waals surface area (Å²) in [6.07, 6.45) is 2.78. The number of amides is 1. The van der Waals surface area contributed by atoms with Crippen molar-refractivity contribution in [1.82, 2.24) is 4.98 Å². The first kappa shape index (κ1) is 17.5. The van der Waals surface area contributed by atoms with Crippen molar-refractivity contribution < 1.29 is 13.6 Å². The monoisotopic (exact) mass is 353 g/mol. The van der Waals surface area contributed by atoms with E-state index in [1.54, 1.807) is 0 Å². The van der Waals surface area contributed by atoms with Crippen LogP contribution < -0.4 is 10.6 Å². The van der Waals surface area contributed by atoms with Gasteiger partial charge in [-0.2, -0.15) is 0 Å². The SMILES string of the molecule is Cc1cccc(NC(=O)c2cncc(Nc3c(F)cccc3F)c2)c1C. The van der Waals surface area contributed by atoms with Gasteiger partial charge in [-0.15, -0.1) is 0 Å². The van der Waals surface area contributed by atoms with Gasteiger partial charge in [0, 0.05) is 11.9 Å². The zero-order valence-corrected chi connectivity index (χ0v) is 14.3. The van der Waals surface area contributed by atoms with E-state index in [1.165, 1.54) is 24.5 Å². The van der Waals surface area contributed by atoms with Crippen LogP contribution in [0.1, 0.15) is 21.5 Å². The molecule has 0 fully saturated rings. The number of aromatic nitrogens is 1. The molecule has 0 bridgehead atoms. The first-order chi connectivity index (χ1) is 12.5. The normalized spacial score (nSPS) is 10.5. The van der Waals surface area contributed by atoms with Crippen molar-refractivity contribution >= 4 is 23.0 Å². The van der Waals surface area contributed by atoms with Crippen LogP contribution in [0.25, 0.3) is 0 Å². The van der Waals surface area contributed by atoms with Crippen LogP contribution in [0.3, 0.4) is 0 Å². The number of aryl methyl sites for hydroxylation is 1. The summed E-state index contributed by atoms with van der Waals surface area (Å²) in [6, 6.07) is 10.7. The highest BCUT2D eigenvalue weighted by molar-refractivity contribution is 6.05. The molecule has 0 unspecified atom stereocenters. The molecule has 132 valence electrons. The second-order valence-corrected chi connectivity index (χ2v) is 5.89. The Morgan fingerprint density at radius 2 is 1.69 bits per heavy atom. The Morgan fingerprint density at radius 3 is 2.42 bits per heavy atom. The predicted molar refractivity (Wildman–Crippen MR) is 97.7 cm³/mol. The molecule has 2 aromatic carbocycles. The van der Waals surface area contributed by atoms with E-state index in [9.17, 15) is 13.6 Å². The lowest BCUT2D eigenvalue weighted by Gasteiger charge is -2.12. The minimum absolute atomic E-state index is 0.271. The third kappa shape index (κ3) is 3.69. The first-order valence-corrected chi connectivity index (χ1v) is 7.99. The van der Waals surface area contributed by atoms with Crippen LogP contribution in [-0.4, -0.2) is 10.9 Å². The van der Waals surface area contributed by atoms with Gasteiger partial charge in [-0.3, -0.25) is 9.78 Å². The molecule has 1 amide bonds. The maximum absolute atomic E-state index is 13.8. The van der Waals surface area contributed by atoms with Crippen molar-refractivity contribution in [2.24, 2.45) is 0 Å². The fraction of sp³-hybridized carbons (Fsp3) is 0.100. The summed E-state index contributed by atoms with van der Waals surface area (Å²) in [5.41, 5.74) is 3.02. The van der Waals surface area contributed by atoms with Gasteiger partial charge in [-0.05, 0) is 49.2 Å². The Morgan fingerprint density at radius 1 is 1.00 bits per heavy atom. The number of nitrogens with zero attached hydrogens (tertiary/aromatic N) is 1. The van der Waals surface area contributed by atoms with E-state index >= 15 is 0 Å². The quantitative estimate of drug-likeness (QED) is 0.696. The summed E-state index contributed by atoms with van der Waals surface area (Å²) in [7, 11) is 0. The lowest BCUT2D eigenvalue weighted by Crippen LogP contribution is -2.13. The maximum Gasteiger partial charge on any atom is 0.257 e. The van der Waals surface area contributed by atoms with E-state index < -0.39 is 11.6 Å². The highest BCUT2D eigenvalue weighted by atomic mass is 19.1. The Kier molecular flexibility index (Phi) is 4.93. The lowest BCUT2D eigenvalue weighted by atomic mass is 10.1. The minimum atomic E-state index is -0.727. The number of benzene rings is 2. The molecule has 0 aliphatic heterocycles. The van der Waals surface area contributed by atoms with Crippen molar-refractivity contribution in [3.63, 3.8) is 0 Å². The van der Waals surface area contributed by atoms with E-state index in [1.807, 2.05) is 32.0 Å². The number of halogens is 2. The first-order valence-electron chi connectivity index (χ1n) is 7.99. The Labute approximate surface area is 149 Å². The third-order valence-corrected chi connectivity index (χ3v) is 4.09. The summed E-state index contributed by atoms with van der Waals surface area (Å²) >= 11 is 0. The standard InChI is InChI=1S/C20H17F2N3O/c1-12-5-3-8-18(13(12)2)25-20(26)14-9-15(11-23-10-14)24-19-16(21)6-4-7-17(19)22/h3-11,24H,1-2H3,(H,25,26). The van der Waals surface area contributed by atoms with E-state index in [2.05, 4.69) is 15.6 Å². The molecule has 0 aliphatic carbocycles. The number of pyridine rings is 1. The predicted octanol–water partition coefficient (Wildman–Crippen LogP) is 4.97. The molecule has 2 N–H and O–H groups in total. The topological polar surface area (TPSA) is 54.0 Å². The van der Waals surface area contributed by atoms with Crippen molar-refractivity contribution in [2.75, 3.05) is 10.6 Å². The Hall–Kier alpha value is -3.28. The van der Waals surface area contributed by atoms with Crippen molar-refractivity contribution in [3.8, 4) is 0 Å². The van der Waals surface area contributed by atoms with Crippen LogP contribution in [0, 0.1) is 25.5 Å². The van der Waals surface area contributed by atoms with E-state index in [4.69, 9.17) is 0 Å². The number of carbonyl (C=O) groups excluding carboxylic acids is 1. The summed E-state index contributed by atoms with van der Waals surface area (Å²) in [4.78, 5) is 16.5. The lowest BCUT2D eigenvalue weighted by molar-refractivity contribution is 0.102. The van der Waals surface area contributed by atoms with Gasteiger partial charge in [0.1, 0.15) is 17.3 Å². The van der Waals surface area contributed by atoms with Crippen LogP contribution in [0.2, 0.25) is 0 Å².